The maximum Gasteiger partial charge on any atom is 0.411 e. The smallest absolute Gasteiger partial charge is 0.411 e. The standard InChI is InChI=1S/C23H26F6N4O4S/c1-38(35,36)32-8-6-15(7-9-32)13-37-18-10-30-20(33(21(18)34)14-22(24,25)26)19(23(27,28)29)31-11-16-4-2-3-5-17(16)12-31/h2-5,10,15,19H,6-9,11-14H2,1H3/t19-/m1/s1. The molecule has 2 aliphatic rings. The van der Waals surface area contributed by atoms with Crippen molar-refractivity contribution in [3.05, 3.63) is 57.8 Å². The van der Waals surface area contributed by atoms with Gasteiger partial charge in [0, 0.05) is 26.2 Å². The van der Waals surface area contributed by atoms with Crippen molar-refractivity contribution in [1.82, 2.24) is 18.8 Å². The van der Waals surface area contributed by atoms with E-state index in [1.807, 2.05) is 0 Å². The van der Waals surface area contributed by atoms with Gasteiger partial charge in [-0.2, -0.15) is 26.3 Å². The largest absolute Gasteiger partial charge is 0.486 e. The molecule has 2 aliphatic heterocycles. The van der Waals surface area contributed by atoms with E-state index in [4.69, 9.17) is 4.74 Å². The third kappa shape index (κ3) is 6.49. The highest BCUT2D eigenvalue weighted by atomic mass is 32.2. The lowest BCUT2D eigenvalue weighted by Gasteiger charge is -2.31. The lowest BCUT2D eigenvalue weighted by Crippen LogP contribution is -2.42. The number of hydrogen-bond donors (Lipinski definition) is 0. The number of alkyl halides is 6. The van der Waals surface area contributed by atoms with Gasteiger partial charge in [0.15, 0.2) is 6.04 Å². The number of fused-ring (bicyclic) bond motifs is 1. The summed E-state index contributed by atoms with van der Waals surface area (Å²) in [5.41, 5.74) is -0.159. The number of nitrogens with zero attached hydrogens (tertiary/aromatic N) is 4. The van der Waals surface area contributed by atoms with E-state index in [0.717, 1.165) is 17.4 Å². The van der Waals surface area contributed by atoms with E-state index in [-0.39, 0.29) is 43.3 Å². The molecule has 1 saturated heterocycles. The van der Waals surface area contributed by atoms with Gasteiger partial charge in [0.25, 0.3) is 5.56 Å². The fraction of sp³-hybridized carbons (Fsp3) is 0.565. The maximum atomic E-state index is 14.3. The molecule has 210 valence electrons. The number of hydrogen-bond acceptors (Lipinski definition) is 6. The molecule has 1 aromatic heterocycles. The monoisotopic (exact) mass is 568 g/mol. The maximum absolute atomic E-state index is 14.3. The van der Waals surface area contributed by atoms with Gasteiger partial charge in [0.2, 0.25) is 15.8 Å². The fourth-order valence-electron chi connectivity index (χ4n) is 4.81. The molecule has 0 N–H and O–H groups in total. The lowest BCUT2D eigenvalue weighted by atomic mass is 9.99. The number of halogens is 6. The molecule has 0 saturated carbocycles. The molecule has 0 spiro atoms. The van der Waals surface area contributed by atoms with Crippen LogP contribution >= 0.6 is 0 Å². The Kier molecular flexibility index (Phi) is 7.83. The van der Waals surface area contributed by atoms with Crippen LogP contribution < -0.4 is 10.3 Å². The fourth-order valence-corrected chi connectivity index (χ4v) is 5.68. The summed E-state index contributed by atoms with van der Waals surface area (Å²) >= 11 is 0. The van der Waals surface area contributed by atoms with Crippen molar-refractivity contribution in [3.63, 3.8) is 0 Å². The molecule has 0 unspecified atom stereocenters. The molecule has 0 radical (unpaired) electrons. The van der Waals surface area contributed by atoms with Gasteiger partial charge in [0.1, 0.15) is 12.4 Å². The highest BCUT2D eigenvalue weighted by molar-refractivity contribution is 7.88. The van der Waals surface area contributed by atoms with Crippen molar-refractivity contribution in [3.8, 4) is 5.75 Å². The van der Waals surface area contributed by atoms with Crippen molar-refractivity contribution in [2.75, 3.05) is 26.0 Å². The summed E-state index contributed by atoms with van der Waals surface area (Å²) in [5, 5.41) is 0. The van der Waals surface area contributed by atoms with Gasteiger partial charge < -0.3 is 4.74 Å². The van der Waals surface area contributed by atoms with Crippen LogP contribution in [-0.2, 0) is 29.7 Å². The molecular weight excluding hydrogens is 542 g/mol. The van der Waals surface area contributed by atoms with E-state index in [9.17, 15) is 39.6 Å². The Balaban J connectivity index is 1.61. The topological polar surface area (TPSA) is 84.7 Å². The third-order valence-corrected chi connectivity index (χ3v) is 7.99. The van der Waals surface area contributed by atoms with E-state index < -0.39 is 52.1 Å². The summed E-state index contributed by atoms with van der Waals surface area (Å²) in [4.78, 5) is 17.6. The molecule has 38 heavy (non-hydrogen) atoms. The first kappa shape index (κ1) is 28.4. The highest BCUT2D eigenvalue weighted by Gasteiger charge is 2.49. The van der Waals surface area contributed by atoms with Gasteiger partial charge in [-0.15, -0.1) is 0 Å². The number of benzene rings is 1. The van der Waals surface area contributed by atoms with Gasteiger partial charge in [-0.3, -0.25) is 14.3 Å². The molecule has 0 bridgehead atoms. The zero-order valence-electron chi connectivity index (χ0n) is 20.3. The normalized spacial score (nSPS) is 18.9. The second kappa shape index (κ2) is 10.5. The van der Waals surface area contributed by atoms with Crippen molar-refractivity contribution in [2.45, 2.75) is 50.9 Å². The molecule has 1 fully saturated rings. The van der Waals surface area contributed by atoms with Crippen molar-refractivity contribution in [1.29, 1.82) is 0 Å². The Morgan fingerprint density at radius 2 is 1.63 bits per heavy atom. The molecule has 0 amide bonds. The first-order valence-corrected chi connectivity index (χ1v) is 13.6. The molecule has 1 atom stereocenters. The van der Waals surface area contributed by atoms with E-state index >= 15 is 0 Å². The van der Waals surface area contributed by atoms with Crippen LogP contribution in [0.15, 0.2) is 35.3 Å². The summed E-state index contributed by atoms with van der Waals surface area (Å²) in [6.45, 7) is -2.00. The van der Waals surface area contributed by atoms with E-state index in [2.05, 4.69) is 4.98 Å². The molecule has 1 aromatic carbocycles. The minimum Gasteiger partial charge on any atom is -0.486 e. The Labute approximate surface area is 214 Å². The van der Waals surface area contributed by atoms with Gasteiger partial charge in [-0.25, -0.2) is 17.7 Å². The minimum atomic E-state index is -5.02. The van der Waals surface area contributed by atoms with Gasteiger partial charge in [-0.05, 0) is 29.9 Å². The number of piperidine rings is 1. The summed E-state index contributed by atoms with van der Waals surface area (Å²) < 4.78 is 113. The van der Waals surface area contributed by atoms with E-state index in [0.29, 0.717) is 24.0 Å². The summed E-state index contributed by atoms with van der Waals surface area (Å²) in [6.07, 6.45) is -7.43. The van der Waals surface area contributed by atoms with Crippen LogP contribution in [0.2, 0.25) is 0 Å². The molecule has 4 rings (SSSR count). The Morgan fingerprint density at radius 3 is 2.13 bits per heavy atom. The first-order chi connectivity index (χ1) is 17.6. The average Bonchev–Trinajstić information content (AvgIpc) is 3.22. The second-order valence-corrected chi connectivity index (χ2v) is 11.5. The molecule has 8 nitrogen and oxygen atoms in total. The van der Waals surface area contributed by atoms with Crippen LogP contribution in [0.3, 0.4) is 0 Å². The van der Waals surface area contributed by atoms with E-state index in [1.165, 1.54) is 4.31 Å². The van der Waals surface area contributed by atoms with Crippen LogP contribution in [0.1, 0.15) is 35.8 Å². The zero-order valence-corrected chi connectivity index (χ0v) is 21.1. The predicted molar refractivity (Wildman–Crippen MR) is 124 cm³/mol. The first-order valence-electron chi connectivity index (χ1n) is 11.8. The molecule has 15 heteroatoms. The number of rotatable bonds is 7. The van der Waals surface area contributed by atoms with Crippen LogP contribution in [0.4, 0.5) is 26.3 Å². The van der Waals surface area contributed by atoms with Crippen molar-refractivity contribution in [2.24, 2.45) is 5.92 Å². The summed E-state index contributed by atoms with van der Waals surface area (Å²) in [5.74, 6) is -1.87. The quantitative estimate of drug-likeness (QED) is 0.476. The average molecular weight is 569 g/mol. The Hall–Kier alpha value is -2.65. The second-order valence-electron chi connectivity index (χ2n) is 9.52. The Morgan fingerprint density at radius 1 is 1.05 bits per heavy atom. The van der Waals surface area contributed by atoms with Crippen LogP contribution in [0.5, 0.6) is 5.75 Å². The van der Waals surface area contributed by atoms with Crippen molar-refractivity contribution < 1.29 is 39.5 Å². The van der Waals surface area contributed by atoms with Crippen LogP contribution in [0, 0.1) is 5.92 Å². The number of aromatic nitrogens is 2. The highest BCUT2D eigenvalue weighted by Crippen LogP contribution is 2.41. The zero-order chi connectivity index (χ0) is 27.9. The Bertz CT molecular complexity index is 1300. The van der Waals surface area contributed by atoms with Crippen LogP contribution in [0.25, 0.3) is 0 Å². The molecule has 2 aromatic rings. The van der Waals surface area contributed by atoms with E-state index in [1.54, 1.807) is 24.3 Å². The van der Waals surface area contributed by atoms with Gasteiger partial charge in [-0.1, -0.05) is 24.3 Å². The van der Waals surface area contributed by atoms with Gasteiger partial charge in [0.05, 0.1) is 19.1 Å². The summed E-state index contributed by atoms with van der Waals surface area (Å²) in [7, 11) is -3.37. The number of sulfonamides is 1. The van der Waals surface area contributed by atoms with Crippen molar-refractivity contribution >= 4 is 10.0 Å². The van der Waals surface area contributed by atoms with Gasteiger partial charge >= 0.3 is 12.4 Å². The van der Waals surface area contributed by atoms with Crippen LogP contribution in [-0.4, -0.2) is 65.5 Å². The predicted octanol–water partition coefficient (Wildman–Crippen LogP) is 3.48. The molecule has 0 aliphatic carbocycles. The summed E-state index contributed by atoms with van der Waals surface area (Å²) in [6, 6.07) is 4.02. The molecular formula is C23H26F6N4O4S. The third-order valence-electron chi connectivity index (χ3n) is 6.69. The number of ether oxygens (including phenoxy) is 1. The lowest BCUT2D eigenvalue weighted by molar-refractivity contribution is -0.193. The molecule has 3 heterocycles. The SMILES string of the molecule is CS(=O)(=O)N1CCC(COc2cnc([C@@H](N3Cc4ccccc4C3)C(F)(F)F)n(CC(F)(F)F)c2=O)CC1. The minimum absolute atomic E-state index is 0.0112.